The van der Waals surface area contributed by atoms with Gasteiger partial charge in [-0.3, -0.25) is 9.59 Å². The minimum atomic E-state index is -4.40. The van der Waals surface area contributed by atoms with Gasteiger partial charge < -0.3 is 10.2 Å². The second kappa shape index (κ2) is 8.46. The number of benzene rings is 2. The number of halogens is 3. The third-order valence-corrected chi connectivity index (χ3v) is 4.76. The van der Waals surface area contributed by atoms with Crippen LogP contribution in [0.25, 0.3) is 11.1 Å². The van der Waals surface area contributed by atoms with Crippen molar-refractivity contribution in [2.45, 2.75) is 25.4 Å². The molecule has 2 amide bonds. The number of hydrogen-bond donors (Lipinski definition) is 1. The molecule has 0 radical (unpaired) electrons. The lowest BCUT2D eigenvalue weighted by Gasteiger charge is -2.16. The fourth-order valence-corrected chi connectivity index (χ4v) is 3.28. The summed E-state index contributed by atoms with van der Waals surface area (Å²) in [5.41, 5.74) is 0.791. The van der Waals surface area contributed by atoms with Crippen LogP contribution in [-0.4, -0.2) is 36.3 Å². The van der Waals surface area contributed by atoms with E-state index in [9.17, 15) is 22.8 Å². The first kappa shape index (κ1) is 19.9. The van der Waals surface area contributed by atoms with E-state index in [0.29, 0.717) is 42.6 Å². The zero-order valence-corrected chi connectivity index (χ0v) is 15.3. The Morgan fingerprint density at radius 2 is 1.79 bits per heavy atom. The highest BCUT2D eigenvalue weighted by Gasteiger charge is 2.30. The Labute approximate surface area is 161 Å². The van der Waals surface area contributed by atoms with Gasteiger partial charge in [-0.2, -0.15) is 13.2 Å². The number of likely N-dealkylation sites (tertiary alicyclic amines) is 1. The van der Waals surface area contributed by atoms with E-state index >= 15 is 0 Å². The summed E-state index contributed by atoms with van der Waals surface area (Å²) in [6.07, 6.45) is -2.27. The van der Waals surface area contributed by atoms with Crippen molar-refractivity contribution >= 4 is 11.8 Å². The Balaban J connectivity index is 1.64. The summed E-state index contributed by atoms with van der Waals surface area (Å²) in [6.45, 7) is 1.80. The zero-order chi connectivity index (χ0) is 20.1. The quantitative estimate of drug-likeness (QED) is 0.755. The normalized spacial score (nSPS) is 14.4. The molecule has 0 aliphatic carbocycles. The van der Waals surface area contributed by atoms with Gasteiger partial charge in [0, 0.05) is 31.6 Å². The lowest BCUT2D eigenvalue weighted by atomic mass is 9.98. The van der Waals surface area contributed by atoms with Crippen LogP contribution >= 0.6 is 0 Å². The molecule has 28 heavy (non-hydrogen) atoms. The zero-order valence-electron chi connectivity index (χ0n) is 15.3. The fourth-order valence-electron chi connectivity index (χ4n) is 3.28. The molecule has 1 N–H and O–H groups in total. The molecule has 2 aromatic rings. The van der Waals surface area contributed by atoms with Crippen LogP contribution in [0.3, 0.4) is 0 Å². The fraction of sp³-hybridized carbons (Fsp3) is 0.333. The summed E-state index contributed by atoms with van der Waals surface area (Å²) in [5.74, 6) is -0.137. The van der Waals surface area contributed by atoms with E-state index in [0.717, 1.165) is 25.1 Å². The first-order valence-corrected chi connectivity index (χ1v) is 9.19. The van der Waals surface area contributed by atoms with Crippen molar-refractivity contribution in [2.75, 3.05) is 19.6 Å². The third kappa shape index (κ3) is 4.71. The minimum absolute atomic E-state index is 0.152. The number of carbonyl (C=O) groups excluding carboxylic acids is 2. The summed E-state index contributed by atoms with van der Waals surface area (Å²) in [4.78, 5) is 25.9. The lowest BCUT2D eigenvalue weighted by molar-refractivity contribution is -0.137. The van der Waals surface area contributed by atoms with Gasteiger partial charge in [-0.25, -0.2) is 0 Å². The van der Waals surface area contributed by atoms with Crippen molar-refractivity contribution in [2.24, 2.45) is 0 Å². The molecular weight excluding hydrogens is 369 g/mol. The van der Waals surface area contributed by atoms with Crippen molar-refractivity contribution in [3.63, 3.8) is 0 Å². The van der Waals surface area contributed by atoms with Crippen LogP contribution in [0.5, 0.6) is 0 Å². The van der Waals surface area contributed by atoms with Crippen molar-refractivity contribution in [3.05, 3.63) is 59.7 Å². The summed E-state index contributed by atoms with van der Waals surface area (Å²) >= 11 is 0. The Morgan fingerprint density at radius 1 is 1.07 bits per heavy atom. The molecule has 3 rings (SSSR count). The van der Waals surface area contributed by atoms with Crippen LogP contribution in [0.15, 0.2) is 48.5 Å². The Morgan fingerprint density at radius 3 is 2.43 bits per heavy atom. The summed E-state index contributed by atoms with van der Waals surface area (Å²) in [6, 6.07) is 11.6. The highest BCUT2D eigenvalue weighted by Crippen LogP contribution is 2.31. The van der Waals surface area contributed by atoms with E-state index in [1.165, 1.54) is 12.1 Å². The van der Waals surface area contributed by atoms with Gasteiger partial charge in [0.1, 0.15) is 0 Å². The molecule has 2 aromatic carbocycles. The topological polar surface area (TPSA) is 49.4 Å². The molecule has 148 valence electrons. The van der Waals surface area contributed by atoms with Gasteiger partial charge in [0.2, 0.25) is 5.91 Å². The number of carbonyl (C=O) groups is 2. The molecule has 0 saturated carbocycles. The van der Waals surface area contributed by atoms with E-state index in [-0.39, 0.29) is 11.8 Å². The molecular formula is C21H21F3N2O2. The van der Waals surface area contributed by atoms with Crippen molar-refractivity contribution in [1.82, 2.24) is 10.2 Å². The predicted octanol–water partition coefficient (Wildman–Crippen LogP) is 4.11. The number of nitrogens with one attached hydrogen (secondary N) is 1. The Kier molecular flexibility index (Phi) is 6.02. The number of amides is 2. The minimum Gasteiger partial charge on any atom is -0.352 e. The van der Waals surface area contributed by atoms with Gasteiger partial charge >= 0.3 is 6.18 Å². The van der Waals surface area contributed by atoms with E-state index in [2.05, 4.69) is 5.32 Å². The standard InChI is InChI=1S/C21H21F3N2O2/c22-21(23,24)16-10-8-15(9-11-16)17-5-1-2-6-18(17)20(28)25-12-4-14-26-13-3-7-19(26)27/h1-2,5-6,8-11H,3-4,7,12-14H2,(H,25,28). The summed E-state index contributed by atoms with van der Waals surface area (Å²) < 4.78 is 38.3. The SMILES string of the molecule is O=C(NCCCN1CCCC1=O)c1ccccc1-c1ccc(C(F)(F)F)cc1. The van der Waals surface area contributed by atoms with E-state index in [1.54, 1.807) is 29.2 Å². The van der Waals surface area contributed by atoms with Crippen LogP contribution in [0.1, 0.15) is 35.2 Å². The number of rotatable bonds is 6. The van der Waals surface area contributed by atoms with Crippen molar-refractivity contribution in [1.29, 1.82) is 0 Å². The molecule has 1 aliphatic heterocycles. The second-order valence-corrected chi connectivity index (χ2v) is 6.71. The van der Waals surface area contributed by atoms with Gasteiger partial charge in [0.15, 0.2) is 0 Å². The molecule has 0 atom stereocenters. The number of hydrogen-bond acceptors (Lipinski definition) is 2. The summed E-state index contributed by atoms with van der Waals surface area (Å²) in [5, 5.41) is 2.83. The molecule has 1 aliphatic rings. The second-order valence-electron chi connectivity index (χ2n) is 6.71. The molecule has 1 heterocycles. The van der Waals surface area contributed by atoms with E-state index in [1.807, 2.05) is 0 Å². The highest BCUT2D eigenvalue weighted by atomic mass is 19.4. The van der Waals surface area contributed by atoms with Crippen molar-refractivity contribution < 1.29 is 22.8 Å². The van der Waals surface area contributed by atoms with Gasteiger partial charge in [0.05, 0.1) is 5.56 Å². The maximum atomic E-state index is 12.8. The summed E-state index contributed by atoms with van der Waals surface area (Å²) in [7, 11) is 0. The monoisotopic (exact) mass is 390 g/mol. The van der Waals surface area contributed by atoms with Gasteiger partial charge in [0.25, 0.3) is 5.91 Å². The molecule has 1 fully saturated rings. The molecule has 4 nitrogen and oxygen atoms in total. The molecule has 7 heteroatoms. The van der Waals surface area contributed by atoms with Crippen LogP contribution < -0.4 is 5.32 Å². The smallest absolute Gasteiger partial charge is 0.352 e. The lowest BCUT2D eigenvalue weighted by Crippen LogP contribution is -2.30. The molecule has 0 bridgehead atoms. The number of alkyl halides is 3. The number of nitrogens with zero attached hydrogens (tertiary/aromatic N) is 1. The maximum absolute atomic E-state index is 12.8. The predicted molar refractivity (Wildman–Crippen MR) is 99.6 cm³/mol. The van der Waals surface area contributed by atoms with Gasteiger partial charge in [-0.15, -0.1) is 0 Å². The molecule has 0 spiro atoms. The Bertz CT molecular complexity index is 847. The van der Waals surface area contributed by atoms with Crippen LogP contribution in [0.4, 0.5) is 13.2 Å². The Hall–Kier alpha value is -2.83. The van der Waals surface area contributed by atoms with Gasteiger partial charge in [-0.05, 0) is 42.2 Å². The average molecular weight is 390 g/mol. The van der Waals surface area contributed by atoms with Crippen molar-refractivity contribution in [3.8, 4) is 11.1 Å². The third-order valence-electron chi connectivity index (χ3n) is 4.76. The first-order chi connectivity index (χ1) is 13.4. The van der Waals surface area contributed by atoms with Crippen LogP contribution in [0, 0.1) is 0 Å². The maximum Gasteiger partial charge on any atom is 0.416 e. The average Bonchev–Trinajstić information content (AvgIpc) is 3.09. The van der Waals surface area contributed by atoms with Gasteiger partial charge in [-0.1, -0.05) is 30.3 Å². The van der Waals surface area contributed by atoms with E-state index < -0.39 is 11.7 Å². The van der Waals surface area contributed by atoms with E-state index in [4.69, 9.17) is 0 Å². The molecule has 0 aromatic heterocycles. The molecule has 0 unspecified atom stereocenters. The molecule has 1 saturated heterocycles. The van der Waals surface area contributed by atoms with Crippen LogP contribution in [0.2, 0.25) is 0 Å². The van der Waals surface area contributed by atoms with Crippen LogP contribution in [-0.2, 0) is 11.0 Å². The first-order valence-electron chi connectivity index (χ1n) is 9.19. The largest absolute Gasteiger partial charge is 0.416 e. The highest BCUT2D eigenvalue weighted by molar-refractivity contribution is 6.00.